The highest BCUT2D eigenvalue weighted by molar-refractivity contribution is 7.11. The lowest BCUT2D eigenvalue weighted by atomic mass is 9.86. The van der Waals surface area contributed by atoms with Gasteiger partial charge in [0.25, 0.3) is 0 Å². The second kappa shape index (κ2) is 13.1. The molecule has 2 N–H and O–H groups in total. The molecule has 0 unspecified atom stereocenters. The van der Waals surface area contributed by atoms with Crippen molar-refractivity contribution in [3.8, 4) is 0 Å². The van der Waals surface area contributed by atoms with Crippen LogP contribution >= 0.6 is 22.9 Å². The van der Waals surface area contributed by atoms with Crippen molar-refractivity contribution in [1.29, 1.82) is 0 Å². The van der Waals surface area contributed by atoms with E-state index in [1.54, 1.807) is 24.9 Å². The largest absolute Gasteiger partial charge is 0.481 e. The van der Waals surface area contributed by atoms with Crippen LogP contribution in [0.2, 0.25) is 5.02 Å². The van der Waals surface area contributed by atoms with Crippen LogP contribution in [0.3, 0.4) is 0 Å². The van der Waals surface area contributed by atoms with Gasteiger partial charge in [0.05, 0.1) is 24.1 Å². The fourth-order valence-electron chi connectivity index (χ4n) is 6.20. The molecule has 2 amide bonds. The SMILES string of the molecule is COC(=O)C1=C(CN2CCN3C(=O)N(c4ccc(CC(C)(C)C(=O)O)cc4)C[C@@H]3C2)NC(c2nccs2)=N[C@H]1c1ccc(F)cc1Cl. The van der Waals surface area contributed by atoms with Gasteiger partial charge in [-0.1, -0.05) is 29.8 Å². The number of aliphatic imine (C=N–C) groups is 1. The van der Waals surface area contributed by atoms with Crippen LogP contribution in [0.25, 0.3) is 0 Å². The van der Waals surface area contributed by atoms with Crippen LogP contribution in [0.4, 0.5) is 14.9 Å². The molecule has 0 saturated carbocycles. The van der Waals surface area contributed by atoms with Gasteiger partial charge < -0.3 is 20.1 Å². The van der Waals surface area contributed by atoms with Gasteiger partial charge in [0.1, 0.15) is 11.9 Å². The molecule has 47 heavy (non-hydrogen) atoms. The minimum absolute atomic E-state index is 0.0808. The standard InChI is InChI=1S/C33H34ClFN6O5S/c1-33(2,31(43)44)15-19-4-7-21(8-5-19)41-17-22-16-39(11-12-40(22)32(41)45)18-25-26(30(42)46-3)27(23-9-6-20(35)14-24(23)34)38-28(37-25)29-36-10-13-47-29/h4-10,13-14,22,27H,11-12,15-18H2,1-3H3,(H,37,38)(H,43,44)/t22-,27-/m0/s1. The van der Waals surface area contributed by atoms with Crippen molar-refractivity contribution in [2.24, 2.45) is 10.4 Å². The molecule has 2 atom stereocenters. The van der Waals surface area contributed by atoms with E-state index in [0.717, 1.165) is 11.3 Å². The lowest BCUT2D eigenvalue weighted by molar-refractivity contribution is -0.146. The van der Waals surface area contributed by atoms with E-state index in [0.29, 0.717) is 61.2 Å². The van der Waals surface area contributed by atoms with Gasteiger partial charge in [-0.25, -0.2) is 19.0 Å². The molecule has 3 aliphatic rings. The number of benzene rings is 2. The number of thiazole rings is 1. The number of methoxy groups -OCH3 is 1. The molecule has 11 nitrogen and oxygen atoms in total. The summed E-state index contributed by atoms with van der Waals surface area (Å²) in [5, 5.41) is 15.4. The maximum Gasteiger partial charge on any atom is 0.338 e. The average Bonchev–Trinajstić information content (AvgIpc) is 3.69. The van der Waals surface area contributed by atoms with Crippen molar-refractivity contribution in [1.82, 2.24) is 20.1 Å². The van der Waals surface area contributed by atoms with Gasteiger partial charge >= 0.3 is 18.0 Å². The molecule has 0 spiro atoms. The van der Waals surface area contributed by atoms with Crippen molar-refractivity contribution >= 4 is 52.4 Å². The fourth-order valence-corrected chi connectivity index (χ4v) is 7.06. The number of carboxylic acid groups (broad SMARTS) is 1. The first-order chi connectivity index (χ1) is 22.4. The van der Waals surface area contributed by atoms with E-state index in [4.69, 9.17) is 21.3 Å². The summed E-state index contributed by atoms with van der Waals surface area (Å²) < 4.78 is 19.2. The Labute approximate surface area is 280 Å². The molecular formula is C33H34ClFN6O5S. The van der Waals surface area contributed by atoms with E-state index in [1.165, 1.54) is 36.6 Å². The van der Waals surface area contributed by atoms with Gasteiger partial charge in [0, 0.05) is 66.3 Å². The maximum absolute atomic E-state index is 14.0. The summed E-state index contributed by atoms with van der Waals surface area (Å²) >= 11 is 7.87. The quantitative estimate of drug-likeness (QED) is 0.311. The van der Waals surface area contributed by atoms with Gasteiger partial charge in [0.2, 0.25) is 0 Å². The lowest BCUT2D eigenvalue weighted by Crippen LogP contribution is -2.53. The number of amides is 2. The Morgan fingerprint density at radius 1 is 1.17 bits per heavy atom. The van der Waals surface area contributed by atoms with Crippen LogP contribution in [-0.2, 0) is 20.7 Å². The predicted molar refractivity (Wildman–Crippen MR) is 176 cm³/mol. The van der Waals surface area contributed by atoms with Crippen molar-refractivity contribution in [3.05, 3.63) is 92.3 Å². The number of aliphatic carboxylic acids is 1. The number of carbonyl (C=O) groups excluding carboxylic acids is 2. The minimum atomic E-state index is -0.899. The number of fused-ring (bicyclic) bond motifs is 1. The third-order valence-corrected chi connectivity index (χ3v) is 9.82. The summed E-state index contributed by atoms with van der Waals surface area (Å²) in [7, 11) is 1.30. The van der Waals surface area contributed by atoms with Gasteiger partial charge in [0.15, 0.2) is 10.8 Å². The van der Waals surface area contributed by atoms with E-state index in [-0.39, 0.29) is 22.7 Å². The molecule has 0 radical (unpaired) electrons. The number of rotatable bonds is 9. The zero-order valence-corrected chi connectivity index (χ0v) is 27.6. The fraction of sp³-hybridized carbons (Fsp3) is 0.364. The first-order valence-corrected chi connectivity index (χ1v) is 16.3. The van der Waals surface area contributed by atoms with Crippen molar-refractivity contribution < 1.29 is 28.6 Å². The number of piperazine rings is 1. The number of carbonyl (C=O) groups is 3. The zero-order valence-electron chi connectivity index (χ0n) is 26.1. The molecule has 0 bridgehead atoms. The number of esters is 1. The number of anilines is 1. The predicted octanol–water partition coefficient (Wildman–Crippen LogP) is 4.73. The van der Waals surface area contributed by atoms with E-state index < -0.39 is 29.2 Å². The third kappa shape index (κ3) is 6.60. The first kappa shape index (κ1) is 32.6. The summed E-state index contributed by atoms with van der Waals surface area (Å²) in [6.07, 6.45) is 2.04. The normalized spacial score (nSPS) is 20.2. The summed E-state index contributed by atoms with van der Waals surface area (Å²) in [6.45, 7) is 5.79. The van der Waals surface area contributed by atoms with Gasteiger partial charge in [-0.3, -0.25) is 19.6 Å². The van der Waals surface area contributed by atoms with Gasteiger partial charge in [-0.2, -0.15) is 0 Å². The topological polar surface area (TPSA) is 128 Å². The third-order valence-electron chi connectivity index (χ3n) is 8.71. The second-order valence-electron chi connectivity index (χ2n) is 12.4. The number of aromatic nitrogens is 1. The Bertz CT molecular complexity index is 1760. The van der Waals surface area contributed by atoms with Crippen molar-refractivity contribution in [2.45, 2.75) is 32.4 Å². The Balaban J connectivity index is 1.23. The highest BCUT2D eigenvalue weighted by Crippen LogP contribution is 2.37. The van der Waals surface area contributed by atoms with Crippen LogP contribution in [-0.4, -0.2) is 89.6 Å². The highest BCUT2D eigenvalue weighted by atomic mass is 35.5. The molecule has 3 aromatic rings. The van der Waals surface area contributed by atoms with Crippen molar-refractivity contribution in [3.63, 3.8) is 0 Å². The smallest absolute Gasteiger partial charge is 0.338 e. The van der Waals surface area contributed by atoms with Crippen LogP contribution in [0.1, 0.15) is 36.0 Å². The number of urea groups is 1. The van der Waals surface area contributed by atoms with Crippen LogP contribution in [0.15, 0.2) is 70.3 Å². The molecule has 1 aromatic heterocycles. The number of nitrogens with zero attached hydrogens (tertiary/aromatic N) is 5. The van der Waals surface area contributed by atoms with Crippen LogP contribution in [0.5, 0.6) is 0 Å². The lowest BCUT2D eigenvalue weighted by Gasteiger charge is -2.38. The molecule has 246 valence electrons. The number of hydrogen-bond acceptors (Lipinski definition) is 9. The maximum atomic E-state index is 14.0. The molecule has 3 aliphatic heterocycles. The van der Waals surface area contributed by atoms with Crippen LogP contribution in [0, 0.1) is 11.2 Å². The van der Waals surface area contributed by atoms with E-state index in [2.05, 4.69) is 15.2 Å². The van der Waals surface area contributed by atoms with E-state index in [1.807, 2.05) is 34.5 Å². The van der Waals surface area contributed by atoms with Crippen LogP contribution < -0.4 is 10.2 Å². The molecule has 2 fully saturated rings. The summed E-state index contributed by atoms with van der Waals surface area (Å²) in [5.41, 5.74) is 2.02. The number of hydrogen-bond donors (Lipinski definition) is 2. The minimum Gasteiger partial charge on any atom is -0.481 e. The Morgan fingerprint density at radius 2 is 1.94 bits per heavy atom. The number of carboxylic acids is 1. The second-order valence-corrected chi connectivity index (χ2v) is 13.7. The molecule has 4 heterocycles. The van der Waals surface area contributed by atoms with E-state index in [9.17, 15) is 23.9 Å². The average molecular weight is 681 g/mol. The monoisotopic (exact) mass is 680 g/mol. The molecular weight excluding hydrogens is 647 g/mol. The summed E-state index contributed by atoms with van der Waals surface area (Å²) in [6, 6.07) is 10.4. The van der Waals surface area contributed by atoms with E-state index >= 15 is 0 Å². The molecule has 0 aliphatic carbocycles. The summed E-state index contributed by atoms with van der Waals surface area (Å²) in [5.74, 6) is -1.49. The van der Waals surface area contributed by atoms with Crippen molar-refractivity contribution in [2.75, 3.05) is 44.7 Å². The molecule has 2 saturated heterocycles. The molecule has 14 heteroatoms. The number of halogens is 2. The highest BCUT2D eigenvalue weighted by Gasteiger charge is 2.42. The molecule has 6 rings (SSSR count). The Kier molecular flexibility index (Phi) is 9.05. The molecule has 2 aromatic carbocycles. The zero-order chi connectivity index (χ0) is 33.5. The van der Waals surface area contributed by atoms with Gasteiger partial charge in [-0.15, -0.1) is 11.3 Å². The van der Waals surface area contributed by atoms with Gasteiger partial charge in [-0.05, 0) is 50.1 Å². The number of nitrogens with one attached hydrogen (secondary N) is 1. The Morgan fingerprint density at radius 3 is 2.60 bits per heavy atom. The number of amidine groups is 1. The number of ether oxygens (including phenoxy) is 1. The Hall–Kier alpha value is -4.33. The first-order valence-electron chi connectivity index (χ1n) is 15.1. The summed E-state index contributed by atoms with van der Waals surface area (Å²) in [4.78, 5) is 53.3.